The van der Waals surface area contributed by atoms with Crippen LogP contribution in [0.2, 0.25) is 0 Å². The van der Waals surface area contributed by atoms with Crippen LogP contribution in [0.3, 0.4) is 0 Å². The lowest BCUT2D eigenvalue weighted by Crippen LogP contribution is -1.97. The van der Waals surface area contributed by atoms with Gasteiger partial charge >= 0.3 is 0 Å². The molecule has 1 atom stereocenters. The van der Waals surface area contributed by atoms with Gasteiger partial charge in [-0.15, -0.1) is 0 Å². The van der Waals surface area contributed by atoms with Gasteiger partial charge in [0.1, 0.15) is 0 Å². The van der Waals surface area contributed by atoms with E-state index in [4.69, 9.17) is 5.11 Å². The molecule has 0 aliphatic heterocycles. The van der Waals surface area contributed by atoms with Crippen LogP contribution in [0.15, 0.2) is 12.2 Å². The molecule has 1 N–H and O–H groups in total. The normalized spacial score (nSPS) is 14.3. The van der Waals surface area contributed by atoms with Crippen molar-refractivity contribution in [2.75, 3.05) is 0 Å². The molecule has 0 unspecified atom stereocenters. The van der Waals surface area contributed by atoms with Gasteiger partial charge in [-0.25, -0.2) is 0 Å². The fraction of sp³-hybridized carbons (Fsp3) is 0.778. The summed E-state index contributed by atoms with van der Waals surface area (Å²) >= 11 is 0. The van der Waals surface area contributed by atoms with Crippen molar-refractivity contribution >= 4 is 0 Å². The fourth-order valence-electron chi connectivity index (χ4n) is 0.711. The number of aliphatic hydroxyl groups excluding tert-OH is 1. The number of rotatable bonds is 5. The second-order valence-corrected chi connectivity index (χ2v) is 2.55. The van der Waals surface area contributed by atoms with Gasteiger partial charge in [-0.05, 0) is 12.8 Å². The Balaban J connectivity index is 3.18. The molecule has 0 aromatic carbocycles. The lowest BCUT2D eigenvalue weighted by atomic mass is 10.2. The standard InChI is InChI=1S/C9H18O/c1-3-5-6-7-8-9(10)4-2/h7-10H,3-6H2,1-2H3/b8-7+/t9-/m1/s1. The largest absolute Gasteiger partial charge is 0.389 e. The van der Waals surface area contributed by atoms with Gasteiger partial charge in [0.15, 0.2) is 0 Å². The maximum atomic E-state index is 9.07. The molecule has 0 aliphatic rings. The molecule has 1 nitrogen and oxygen atoms in total. The molecule has 0 heterocycles. The molecule has 0 aromatic heterocycles. The molecule has 0 radical (unpaired) electrons. The zero-order valence-corrected chi connectivity index (χ0v) is 7.01. The lowest BCUT2D eigenvalue weighted by Gasteiger charge is -1.97. The van der Waals surface area contributed by atoms with Crippen molar-refractivity contribution in [3.05, 3.63) is 12.2 Å². The average molecular weight is 142 g/mol. The molecule has 1 heteroatoms. The highest BCUT2D eigenvalue weighted by Crippen LogP contribution is 1.98. The Labute approximate surface area is 63.8 Å². The van der Waals surface area contributed by atoms with Gasteiger partial charge in [-0.2, -0.15) is 0 Å². The monoisotopic (exact) mass is 142 g/mol. The predicted molar refractivity (Wildman–Crippen MR) is 45.0 cm³/mol. The number of hydrogen-bond acceptors (Lipinski definition) is 1. The highest BCUT2D eigenvalue weighted by molar-refractivity contribution is 4.87. The summed E-state index contributed by atoms with van der Waals surface area (Å²) in [6.45, 7) is 4.15. The summed E-state index contributed by atoms with van der Waals surface area (Å²) in [5.41, 5.74) is 0. The van der Waals surface area contributed by atoms with Crippen molar-refractivity contribution in [2.24, 2.45) is 0 Å². The van der Waals surface area contributed by atoms with E-state index in [1.165, 1.54) is 12.8 Å². The van der Waals surface area contributed by atoms with Gasteiger partial charge in [-0.1, -0.05) is 38.8 Å². The Morgan fingerprint density at radius 1 is 1.40 bits per heavy atom. The number of unbranched alkanes of at least 4 members (excludes halogenated alkanes) is 2. The van der Waals surface area contributed by atoms with Crippen LogP contribution in [0.1, 0.15) is 39.5 Å². The van der Waals surface area contributed by atoms with E-state index in [0.717, 1.165) is 12.8 Å². The zero-order valence-electron chi connectivity index (χ0n) is 7.01. The van der Waals surface area contributed by atoms with Crippen LogP contribution >= 0.6 is 0 Å². The van der Waals surface area contributed by atoms with Crippen LogP contribution < -0.4 is 0 Å². The molecule has 0 saturated heterocycles. The van der Waals surface area contributed by atoms with Crippen molar-refractivity contribution in [1.82, 2.24) is 0 Å². The molecule has 0 saturated carbocycles. The van der Waals surface area contributed by atoms with E-state index in [2.05, 4.69) is 13.0 Å². The van der Waals surface area contributed by atoms with Crippen LogP contribution in [0, 0.1) is 0 Å². The van der Waals surface area contributed by atoms with Gasteiger partial charge in [-0.3, -0.25) is 0 Å². The van der Waals surface area contributed by atoms with Crippen LogP contribution in [-0.4, -0.2) is 11.2 Å². The second kappa shape index (κ2) is 6.81. The third-order valence-corrected chi connectivity index (χ3v) is 1.50. The molecule has 10 heavy (non-hydrogen) atoms. The fourth-order valence-corrected chi connectivity index (χ4v) is 0.711. The van der Waals surface area contributed by atoms with Crippen LogP contribution in [0.4, 0.5) is 0 Å². The Morgan fingerprint density at radius 3 is 2.60 bits per heavy atom. The highest BCUT2D eigenvalue weighted by atomic mass is 16.3. The number of hydrogen-bond donors (Lipinski definition) is 1. The quantitative estimate of drug-likeness (QED) is 0.462. The van der Waals surface area contributed by atoms with E-state index < -0.39 is 0 Å². The van der Waals surface area contributed by atoms with Crippen molar-refractivity contribution in [1.29, 1.82) is 0 Å². The first kappa shape index (κ1) is 9.70. The Morgan fingerprint density at radius 2 is 2.10 bits per heavy atom. The average Bonchev–Trinajstić information content (AvgIpc) is 1.98. The summed E-state index contributed by atoms with van der Waals surface area (Å²) in [6, 6.07) is 0. The number of allylic oxidation sites excluding steroid dienone is 1. The van der Waals surface area contributed by atoms with Crippen molar-refractivity contribution in [2.45, 2.75) is 45.6 Å². The molecule has 60 valence electrons. The summed E-state index contributed by atoms with van der Waals surface area (Å²) in [7, 11) is 0. The molecule has 0 aliphatic carbocycles. The molecule has 0 bridgehead atoms. The lowest BCUT2D eigenvalue weighted by molar-refractivity contribution is 0.219. The van der Waals surface area contributed by atoms with E-state index in [9.17, 15) is 0 Å². The molecule has 0 spiro atoms. The Bertz CT molecular complexity index is 86.7. The molecule has 0 fully saturated rings. The zero-order chi connectivity index (χ0) is 7.82. The predicted octanol–water partition coefficient (Wildman–Crippen LogP) is 2.50. The van der Waals surface area contributed by atoms with E-state index in [1.54, 1.807) is 0 Å². The SMILES string of the molecule is CCCC/C=C/[C@H](O)CC. The highest BCUT2D eigenvalue weighted by Gasteiger charge is 1.90. The van der Waals surface area contributed by atoms with E-state index in [0.29, 0.717) is 0 Å². The third-order valence-electron chi connectivity index (χ3n) is 1.50. The van der Waals surface area contributed by atoms with Gasteiger partial charge < -0.3 is 5.11 Å². The van der Waals surface area contributed by atoms with Gasteiger partial charge in [0, 0.05) is 0 Å². The number of aliphatic hydroxyl groups is 1. The summed E-state index contributed by atoms with van der Waals surface area (Å²) in [5.74, 6) is 0. The third kappa shape index (κ3) is 5.83. The minimum absolute atomic E-state index is 0.225. The van der Waals surface area contributed by atoms with Crippen LogP contribution in [0.25, 0.3) is 0 Å². The minimum atomic E-state index is -0.225. The first-order chi connectivity index (χ1) is 4.81. The summed E-state index contributed by atoms with van der Waals surface area (Å²) in [4.78, 5) is 0. The van der Waals surface area contributed by atoms with E-state index in [-0.39, 0.29) is 6.10 Å². The summed E-state index contributed by atoms with van der Waals surface area (Å²) in [5, 5.41) is 9.07. The first-order valence-electron chi connectivity index (χ1n) is 4.16. The van der Waals surface area contributed by atoms with Crippen molar-refractivity contribution in [3.8, 4) is 0 Å². The summed E-state index contributed by atoms with van der Waals surface area (Å²) in [6.07, 6.45) is 8.11. The minimum Gasteiger partial charge on any atom is -0.389 e. The Hall–Kier alpha value is -0.300. The van der Waals surface area contributed by atoms with Gasteiger partial charge in [0.05, 0.1) is 6.10 Å². The molecule has 0 rings (SSSR count). The maximum Gasteiger partial charge on any atom is 0.0718 e. The van der Waals surface area contributed by atoms with Gasteiger partial charge in [0.25, 0.3) is 0 Å². The molecule has 0 aromatic rings. The smallest absolute Gasteiger partial charge is 0.0718 e. The Kier molecular flexibility index (Phi) is 6.61. The van der Waals surface area contributed by atoms with Crippen molar-refractivity contribution in [3.63, 3.8) is 0 Å². The van der Waals surface area contributed by atoms with E-state index in [1.807, 2.05) is 13.0 Å². The van der Waals surface area contributed by atoms with E-state index >= 15 is 0 Å². The van der Waals surface area contributed by atoms with Crippen molar-refractivity contribution < 1.29 is 5.11 Å². The molecular weight excluding hydrogens is 124 g/mol. The maximum absolute atomic E-state index is 9.07. The summed E-state index contributed by atoms with van der Waals surface area (Å²) < 4.78 is 0. The topological polar surface area (TPSA) is 20.2 Å². The molecular formula is C9H18O. The van der Waals surface area contributed by atoms with Crippen LogP contribution in [0.5, 0.6) is 0 Å². The second-order valence-electron chi connectivity index (χ2n) is 2.55. The van der Waals surface area contributed by atoms with Gasteiger partial charge in [0.2, 0.25) is 0 Å². The first-order valence-corrected chi connectivity index (χ1v) is 4.16. The van der Waals surface area contributed by atoms with Crippen LogP contribution in [-0.2, 0) is 0 Å². The molecule has 0 amide bonds.